The molecule has 0 spiro atoms. The van der Waals surface area contributed by atoms with E-state index in [1.54, 1.807) is 19.1 Å². The molecule has 1 aromatic heterocycles. The monoisotopic (exact) mass is 275 g/mol. The van der Waals surface area contributed by atoms with E-state index in [1.807, 2.05) is 0 Å². The normalized spacial score (nSPS) is 11.9. The standard InChI is InChI=1S/C15H14FNO3/c1-9(18)12-7-14(17-8-12)15(19)20-10(2)11-3-5-13(16)6-4-11/h3-8,10,17H,1-2H3. The molecule has 2 aromatic rings. The van der Waals surface area contributed by atoms with Crippen LogP contribution in [0.25, 0.3) is 0 Å². The molecule has 0 aliphatic rings. The third-order valence-corrected chi connectivity index (χ3v) is 2.93. The van der Waals surface area contributed by atoms with E-state index in [0.717, 1.165) is 0 Å². The van der Waals surface area contributed by atoms with Gasteiger partial charge in [0.25, 0.3) is 0 Å². The van der Waals surface area contributed by atoms with Crippen LogP contribution in [0.15, 0.2) is 36.5 Å². The highest BCUT2D eigenvalue weighted by Crippen LogP contribution is 2.19. The number of carbonyl (C=O) groups excluding carboxylic acids is 2. The number of ketones is 1. The van der Waals surface area contributed by atoms with Crippen molar-refractivity contribution in [1.29, 1.82) is 0 Å². The molecule has 5 heteroatoms. The highest BCUT2D eigenvalue weighted by molar-refractivity contribution is 5.97. The van der Waals surface area contributed by atoms with E-state index in [-0.39, 0.29) is 17.3 Å². The minimum absolute atomic E-state index is 0.133. The molecule has 0 aliphatic heterocycles. The smallest absolute Gasteiger partial charge is 0.355 e. The lowest BCUT2D eigenvalue weighted by Crippen LogP contribution is -2.09. The van der Waals surface area contributed by atoms with Crippen molar-refractivity contribution in [2.45, 2.75) is 20.0 Å². The Kier molecular flexibility index (Phi) is 3.98. The number of aromatic nitrogens is 1. The summed E-state index contributed by atoms with van der Waals surface area (Å²) in [5.41, 5.74) is 1.33. The number of aromatic amines is 1. The van der Waals surface area contributed by atoms with Gasteiger partial charge in [-0.15, -0.1) is 0 Å². The van der Waals surface area contributed by atoms with E-state index in [2.05, 4.69) is 4.98 Å². The first-order chi connectivity index (χ1) is 9.47. The van der Waals surface area contributed by atoms with E-state index in [0.29, 0.717) is 11.1 Å². The maximum Gasteiger partial charge on any atom is 0.355 e. The molecule has 0 saturated heterocycles. The molecule has 4 nitrogen and oxygen atoms in total. The second-order valence-corrected chi connectivity index (χ2v) is 4.46. The lowest BCUT2D eigenvalue weighted by molar-refractivity contribution is 0.0331. The Morgan fingerprint density at radius 2 is 1.90 bits per heavy atom. The summed E-state index contributed by atoms with van der Waals surface area (Å²) in [5, 5.41) is 0. The first kappa shape index (κ1) is 14.0. The maximum atomic E-state index is 12.8. The Hall–Kier alpha value is -2.43. The van der Waals surface area contributed by atoms with E-state index in [4.69, 9.17) is 4.74 Å². The molecule has 104 valence electrons. The van der Waals surface area contributed by atoms with Gasteiger partial charge in [0.1, 0.15) is 17.6 Å². The largest absolute Gasteiger partial charge is 0.453 e. The number of ether oxygens (including phenoxy) is 1. The van der Waals surface area contributed by atoms with Gasteiger partial charge in [-0.3, -0.25) is 4.79 Å². The number of nitrogens with one attached hydrogen (secondary N) is 1. The van der Waals surface area contributed by atoms with Gasteiger partial charge in [0.05, 0.1) is 0 Å². The van der Waals surface area contributed by atoms with Crippen molar-refractivity contribution in [3.63, 3.8) is 0 Å². The lowest BCUT2D eigenvalue weighted by Gasteiger charge is -2.12. The van der Waals surface area contributed by atoms with Crippen molar-refractivity contribution in [3.05, 3.63) is 59.2 Å². The van der Waals surface area contributed by atoms with Crippen LogP contribution in [-0.2, 0) is 4.74 Å². The third-order valence-electron chi connectivity index (χ3n) is 2.93. The van der Waals surface area contributed by atoms with Crippen molar-refractivity contribution in [2.24, 2.45) is 0 Å². The number of hydrogen-bond acceptors (Lipinski definition) is 3. The predicted octanol–water partition coefficient (Wildman–Crippen LogP) is 3.27. The van der Waals surface area contributed by atoms with E-state index >= 15 is 0 Å². The van der Waals surface area contributed by atoms with Crippen LogP contribution in [0.3, 0.4) is 0 Å². The summed E-state index contributed by atoms with van der Waals surface area (Å²) in [6.45, 7) is 3.11. The molecule has 0 fully saturated rings. The average Bonchev–Trinajstić information content (AvgIpc) is 2.89. The number of halogens is 1. The molecule has 1 aromatic carbocycles. The molecule has 1 atom stereocenters. The topological polar surface area (TPSA) is 59.2 Å². The predicted molar refractivity (Wildman–Crippen MR) is 71.0 cm³/mol. The second-order valence-electron chi connectivity index (χ2n) is 4.46. The number of rotatable bonds is 4. The van der Waals surface area contributed by atoms with Crippen LogP contribution in [0.2, 0.25) is 0 Å². The first-order valence-corrected chi connectivity index (χ1v) is 6.13. The lowest BCUT2D eigenvalue weighted by atomic mass is 10.1. The molecule has 0 bridgehead atoms. The number of carbonyl (C=O) groups is 2. The Labute approximate surface area is 115 Å². The van der Waals surface area contributed by atoms with Crippen molar-refractivity contribution in [1.82, 2.24) is 4.98 Å². The summed E-state index contributed by atoms with van der Waals surface area (Å²) in [5.74, 6) is -1.04. The van der Waals surface area contributed by atoms with Crippen LogP contribution in [-0.4, -0.2) is 16.7 Å². The molecule has 0 amide bonds. The minimum atomic E-state index is -0.561. The van der Waals surface area contributed by atoms with E-state index in [1.165, 1.54) is 31.3 Å². The van der Waals surface area contributed by atoms with Gasteiger partial charge in [-0.05, 0) is 37.6 Å². The molecule has 2 rings (SSSR count). The Balaban J connectivity index is 2.06. The molecule has 0 aliphatic carbocycles. The van der Waals surface area contributed by atoms with Gasteiger partial charge in [-0.2, -0.15) is 0 Å². The van der Waals surface area contributed by atoms with Gasteiger partial charge in [0.15, 0.2) is 5.78 Å². The van der Waals surface area contributed by atoms with Crippen molar-refractivity contribution < 1.29 is 18.7 Å². The van der Waals surface area contributed by atoms with E-state index in [9.17, 15) is 14.0 Å². The van der Waals surface area contributed by atoms with Crippen molar-refractivity contribution in [3.8, 4) is 0 Å². The van der Waals surface area contributed by atoms with Gasteiger partial charge in [0, 0.05) is 11.8 Å². The number of Topliss-reactive ketones (excluding diaryl/α,β-unsaturated/α-hetero) is 1. The van der Waals surface area contributed by atoms with Gasteiger partial charge < -0.3 is 9.72 Å². The minimum Gasteiger partial charge on any atom is -0.453 e. The number of hydrogen-bond donors (Lipinski definition) is 1. The highest BCUT2D eigenvalue weighted by Gasteiger charge is 2.16. The van der Waals surface area contributed by atoms with Gasteiger partial charge >= 0.3 is 5.97 Å². The van der Waals surface area contributed by atoms with Gasteiger partial charge in [0.2, 0.25) is 0 Å². The van der Waals surface area contributed by atoms with Crippen LogP contribution in [0.1, 0.15) is 46.4 Å². The maximum absolute atomic E-state index is 12.8. The zero-order valence-electron chi connectivity index (χ0n) is 11.1. The molecule has 0 saturated carbocycles. The molecular formula is C15H14FNO3. The summed E-state index contributed by atoms with van der Waals surface area (Å²) in [4.78, 5) is 25.7. The third kappa shape index (κ3) is 3.12. The summed E-state index contributed by atoms with van der Waals surface area (Å²) in [7, 11) is 0. The van der Waals surface area contributed by atoms with Crippen molar-refractivity contribution in [2.75, 3.05) is 0 Å². The fourth-order valence-electron chi connectivity index (χ4n) is 1.74. The Morgan fingerprint density at radius 3 is 2.45 bits per heavy atom. The second kappa shape index (κ2) is 5.69. The Morgan fingerprint density at radius 1 is 1.25 bits per heavy atom. The molecule has 1 heterocycles. The van der Waals surface area contributed by atoms with Crippen LogP contribution >= 0.6 is 0 Å². The van der Waals surface area contributed by atoms with E-state index < -0.39 is 12.1 Å². The summed E-state index contributed by atoms with van der Waals surface area (Å²) < 4.78 is 18.1. The molecule has 1 unspecified atom stereocenters. The molecule has 20 heavy (non-hydrogen) atoms. The Bertz CT molecular complexity index is 631. The highest BCUT2D eigenvalue weighted by atomic mass is 19.1. The summed E-state index contributed by atoms with van der Waals surface area (Å²) in [6.07, 6.45) is 0.953. The van der Waals surface area contributed by atoms with Gasteiger partial charge in [-0.25, -0.2) is 9.18 Å². The number of esters is 1. The fraction of sp³-hybridized carbons (Fsp3) is 0.200. The van der Waals surface area contributed by atoms with Crippen molar-refractivity contribution >= 4 is 11.8 Å². The summed E-state index contributed by atoms with van der Waals surface area (Å²) in [6, 6.07) is 7.18. The average molecular weight is 275 g/mol. The van der Waals surface area contributed by atoms with Crippen LogP contribution in [0, 0.1) is 5.82 Å². The van der Waals surface area contributed by atoms with Crippen LogP contribution < -0.4 is 0 Å². The SMILES string of the molecule is CC(=O)c1c[nH]c(C(=O)OC(C)c2ccc(F)cc2)c1. The first-order valence-electron chi connectivity index (χ1n) is 6.13. The summed E-state index contributed by atoms with van der Waals surface area (Å²) >= 11 is 0. The molecule has 0 radical (unpaired) electrons. The molecule has 1 N–H and O–H groups in total. The van der Waals surface area contributed by atoms with Gasteiger partial charge in [-0.1, -0.05) is 12.1 Å². The number of H-pyrrole nitrogens is 1. The van der Waals surface area contributed by atoms with Crippen LogP contribution in [0.4, 0.5) is 4.39 Å². The zero-order chi connectivity index (χ0) is 14.7. The number of benzene rings is 1. The zero-order valence-corrected chi connectivity index (χ0v) is 11.1. The quantitative estimate of drug-likeness (QED) is 0.688. The molecular weight excluding hydrogens is 261 g/mol. The van der Waals surface area contributed by atoms with Crippen LogP contribution in [0.5, 0.6) is 0 Å². The fourth-order valence-corrected chi connectivity index (χ4v) is 1.74.